The fourth-order valence-electron chi connectivity index (χ4n) is 4.16. The maximum atomic E-state index is 12.5. The zero-order chi connectivity index (χ0) is 23.7. The molecule has 3 heterocycles. The number of ether oxygens (including phenoxy) is 1. The summed E-state index contributed by atoms with van der Waals surface area (Å²) >= 11 is 0. The van der Waals surface area contributed by atoms with E-state index in [0.29, 0.717) is 30.1 Å². The molecule has 4 aromatic rings. The maximum Gasteiger partial charge on any atom is 0.419 e. The van der Waals surface area contributed by atoms with E-state index < -0.39 is 17.9 Å². The van der Waals surface area contributed by atoms with Gasteiger partial charge in [0.25, 0.3) is 5.91 Å². The van der Waals surface area contributed by atoms with Crippen LogP contribution in [-0.4, -0.2) is 42.3 Å². The van der Waals surface area contributed by atoms with Crippen molar-refractivity contribution in [1.29, 1.82) is 5.26 Å². The molecular formula is C25H24N4O5. The summed E-state index contributed by atoms with van der Waals surface area (Å²) in [5, 5.41) is 16.4. The number of hydrogen-bond donors (Lipinski definition) is 2. The Kier molecular flexibility index (Phi) is 5.92. The Labute approximate surface area is 194 Å². The van der Waals surface area contributed by atoms with Gasteiger partial charge in [-0.3, -0.25) is 9.36 Å². The predicted octanol–water partition coefficient (Wildman–Crippen LogP) is 2.47. The molecule has 2 aromatic heterocycles. The van der Waals surface area contributed by atoms with Crippen molar-refractivity contribution in [3.63, 3.8) is 0 Å². The molecule has 1 amide bonds. The zero-order valence-electron chi connectivity index (χ0n) is 18.7. The number of fused-ring (bicyclic) bond motifs is 2. The largest absolute Gasteiger partial charge is 0.461 e. The van der Waals surface area contributed by atoms with Crippen molar-refractivity contribution in [2.24, 2.45) is 7.05 Å². The Morgan fingerprint density at radius 1 is 1.21 bits per heavy atom. The molecule has 1 aliphatic rings. The number of nitriles is 1. The number of furan rings is 1. The van der Waals surface area contributed by atoms with Crippen molar-refractivity contribution in [3.05, 3.63) is 58.8 Å². The normalized spacial score (nSPS) is 17.4. The van der Waals surface area contributed by atoms with Gasteiger partial charge in [-0.05, 0) is 54.4 Å². The van der Waals surface area contributed by atoms with Gasteiger partial charge in [-0.1, -0.05) is 12.1 Å². The molecule has 9 heteroatoms. The number of carbonyl (C=O) groups excluding carboxylic acids is 1. The number of nitrogens with one attached hydrogen (secondary N) is 2. The minimum absolute atomic E-state index is 0.246. The number of amides is 1. The second-order valence-corrected chi connectivity index (χ2v) is 8.39. The van der Waals surface area contributed by atoms with Gasteiger partial charge >= 0.3 is 5.76 Å². The van der Waals surface area contributed by atoms with E-state index in [1.165, 1.54) is 4.57 Å². The molecule has 34 heavy (non-hydrogen) atoms. The average molecular weight is 460 g/mol. The molecule has 0 radical (unpaired) electrons. The number of nitrogens with zero attached hydrogens (tertiary/aromatic N) is 2. The van der Waals surface area contributed by atoms with Crippen LogP contribution in [0.4, 0.5) is 0 Å². The third-order valence-electron chi connectivity index (χ3n) is 6.01. The summed E-state index contributed by atoms with van der Waals surface area (Å²) < 4.78 is 18.2. The Hall–Kier alpha value is -3.87. The first-order valence-corrected chi connectivity index (χ1v) is 11.2. The van der Waals surface area contributed by atoms with E-state index >= 15 is 0 Å². The van der Waals surface area contributed by atoms with Crippen LogP contribution in [0.25, 0.3) is 33.2 Å². The van der Waals surface area contributed by atoms with Gasteiger partial charge in [0.05, 0.1) is 11.6 Å². The van der Waals surface area contributed by atoms with E-state index in [1.807, 2.05) is 36.4 Å². The molecule has 1 fully saturated rings. The summed E-state index contributed by atoms with van der Waals surface area (Å²) in [5.41, 5.74) is 3.84. The van der Waals surface area contributed by atoms with Crippen LogP contribution in [0, 0.1) is 11.3 Å². The number of hydrogen-bond acceptors (Lipinski definition) is 7. The third-order valence-corrected chi connectivity index (χ3v) is 6.01. The van der Waals surface area contributed by atoms with Crippen LogP contribution in [-0.2, 0) is 23.0 Å². The minimum Gasteiger partial charge on any atom is -0.461 e. The number of aryl methyl sites for hydroxylation is 1. The lowest BCUT2D eigenvalue weighted by atomic mass is 10.0. The van der Waals surface area contributed by atoms with Crippen LogP contribution >= 0.6 is 0 Å². The zero-order valence-corrected chi connectivity index (χ0v) is 18.7. The fraction of sp³-hybridized carbons (Fsp3) is 0.320. The molecule has 2 aromatic carbocycles. The Balaban J connectivity index is 1.34. The maximum absolute atomic E-state index is 12.5. The number of rotatable bonds is 5. The van der Waals surface area contributed by atoms with Gasteiger partial charge in [0.2, 0.25) is 0 Å². The third kappa shape index (κ3) is 4.33. The highest BCUT2D eigenvalue weighted by Gasteiger charge is 2.24. The second-order valence-electron chi connectivity index (χ2n) is 8.39. The smallest absolute Gasteiger partial charge is 0.419 e. The van der Waals surface area contributed by atoms with Crippen LogP contribution in [0.1, 0.15) is 12.2 Å². The van der Waals surface area contributed by atoms with E-state index in [9.17, 15) is 14.9 Å². The molecule has 1 saturated heterocycles. The van der Waals surface area contributed by atoms with Crippen LogP contribution < -0.4 is 16.4 Å². The molecule has 174 valence electrons. The SMILES string of the molecule is Cn1c(=O)oc2ccc(-c3ccc4oc(C[C@@H](C#N)NC(=O)[C@@H]5CNCCCO5)cc4c3)cc21. The second kappa shape index (κ2) is 9.17. The summed E-state index contributed by atoms with van der Waals surface area (Å²) in [4.78, 5) is 24.3. The van der Waals surface area contributed by atoms with Gasteiger partial charge in [0.1, 0.15) is 23.5 Å². The molecule has 0 bridgehead atoms. The quantitative estimate of drug-likeness (QED) is 0.469. The first-order valence-electron chi connectivity index (χ1n) is 11.2. The number of aromatic nitrogens is 1. The predicted molar refractivity (Wildman–Crippen MR) is 125 cm³/mol. The van der Waals surface area contributed by atoms with Gasteiger partial charge in [-0.25, -0.2) is 4.79 Å². The first kappa shape index (κ1) is 21.9. The molecule has 0 aliphatic carbocycles. The van der Waals surface area contributed by atoms with Gasteiger partial charge in [0, 0.05) is 32.0 Å². The Morgan fingerprint density at radius 3 is 2.82 bits per heavy atom. The minimum atomic E-state index is -0.732. The summed E-state index contributed by atoms with van der Waals surface area (Å²) in [6.07, 6.45) is 0.485. The molecule has 2 N–H and O–H groups in total. The van der Waals surface area contributed by atoms with E-state index in [4.69, 9.17) is 13.6 Å². The van der Waals surface area contributed by atoms with Crippen molar-refractivity contribution in [1.82, 2.24) is 15.2 Å². The van der Waals surface area contributed by atoms with Gasteiger partial charge in [-0.2, -0.15) is 5.26 Å². The molecule has 2 atom stereocenters. The highest BCUT2D eigenvalue weighted by atomic mass is 16.5. The fourth-order valence-corrected chi connectivity index (χ4v) is 4.16. The lowest BCUT2D eigenvalue weighted by molar-refractivity contribution is -0.132. The highest BCUT2D eigenvalue weighted by molar-refractivity contribution is 5.87. The average Bonchev–Trinajstić information content (AvgIpc) is 3.22. The molecular weight excluding hydrogens is 436 g/mol. The van der Waals surface area contributed by atoms with E-state index in [-0.39, 0.29) is 12.3 Å². The van der Waals surface area contributed by atoms with Crippen LogP contribution in [0.3, 0.4) is 0 Å². The van der Waals surface area contributed by atoms with E-state index in [0.717, 1.165) is 35.0 Å². The van der Waals surface area contributed by atoms with Crippen molar-refractivity contribution in [2.75, 3.05) is 19.7 Å². The van der Waals surface area contributed by atoms with Crippen molar-refractivity contribution in [2.45, 2.75) is 25.0 Å². The Morgan fingerprint density at radius 2 is 2.00 bits per heavy atom. The van der Waals surface area contributed by atoms with Crippen molar-refractivity contribution >= 4 is 28.0 Å². The summed E-state index contributed by atoms with van der Waals surface area (Å²) in [6, 6.07) is 14.7. The molecule has 1 aliphatic heterocycles. The number of benzene rings is 2. The number of oxazole rings is 1. The van der Waals surface area contributed by atoms with Crippen LogP contribution in [0.2, 0.25) is 0 Å². The molecule has 0 spiro atoms. The van der Waals surface area contributed by atoms with Crippen LogP contribution in [0.15, 0.2) is 56.1 Å². The van der Waals surface area contributed by atoms with Crippen LogP contribution in [0.5, 0.6) is 0 Å². The topological polar surface area (TPSA) is 122 Å². The Bertz CT molecular complexity index is 1450. The first-order chi connectivity index (χ1) is 16.5. The number of carbonyl (C=O) groups is 1. The van der Waals surface area contributed by atoms with Crippen molar-refractivity contribution < 1.29 is 18.4 Å². The van der Waals surface area contributed by atoms with E-state index in [2.05, 4.69) is 16.7 Å². The van der Waals surface area contributed by atoms with Gasteiger partial charge < -0.3 is 24.2 Å². The summed E-state index contributed by atoms with van der Waals surface area (Å²) in [5.74, 6) is -0.0990. The summed E-state index contributed by atoms with van der Waals surface area (Å²) in [6.45, 7) is 1.74. The molecule has 0 unspecified atom stereocenters. The van der Waals surface area contributed by atoms with Gasteiger partial charge in [0.15, 0.2) is 5.58 Å². The highest BCUT2D eigenvalue weighted by Crippen LogP contribution is 2.29. The summed E-state index contributed by atoms with van der Waals surface area (Å²) in [7, 11) is 1.67. The standard InChI is InChI=1S/C25H24N4O5/c1-29-20-11-16(4-6-22(20)34-25(29)31)15-3-5-21-17(9-15)10-19(33-21)12-18(13-26)28-24(30)23-14-27-7-2-8-32-23/h3-6,9-11,18,23,27H,2,7-8,12,14H2,1H3,(H,28,30)/t18-,23-/m0/s1. The lowest BCUT2D eigenvalue weighted by Crippen LogP contribution is -2.46. The van der Waals surface area contributed by atoms with E-state index in [1.54, 1.807) is 13.1 Å². The monoisotopic (exact) mass is 460 g/mol. The van der Waals surface area contributed by atoms with Gasteiger partial charge in [-0.15, -0.1) is 0 Å². The van der Waals surface area contributed by atoms with Crippen molar-refractivity contribution in [3.8, 4) is 17.2 Å². The molecule has 5 rings (SSSR count). The molecule has 0 saturated carbocycles. The lowest BCUT2D eigenvalue weighted by Gasteiger charge is -2.17. The molecule has 9 nitrogen and oxygen atoms in total.